The first kappa shape index (κ1) is 34.5. The minimum atomic E-state index is 0.0279. The standard InChI is InChI=1S/2C19H16NO.C15H14NO/c2*1-19(2)13-7-5-9-16-17(13)18-14(19)10-12-6-3-4-8-15(12)20(18)11-21-16;1-15(2)10-5-3-7-12-13(10)14-11(15)6-4-8-16(14)9-17-12/h2*3-10H,11H2,1-2H3;3-8H,9H2,1-2H3/q3*+1. The molecular weight excluding hydrogens is 727 g/mol. The molecule has 6 heteroatoms. The molecule has 0 radical (unpaired) electrons. The van der Waals surface area contributed by atoms with Gasteiger partial charge in [0.15, 0.2) is 6.20 Å². The molecule has 3 aliphatic heterocycles. The Bertz CT molecular complexity index is 2950. The Morgan fingerprint density at radius 2 is 0.797 bits per heavy atom. The Morgan fingerprint density at radius 1 is 0.390 bits per heavy atom. The van der Waals surface area contributed by atoms with Gasteiger partial charge in [0, 0.05) is 61.9 Å². The molecule has 0 spiro atoms. The van der Waals surface area contributed by atoms with Crippen LogP contribution in [0.25, 0.3) is 55.6 Å². The summed E-state index contributed by atoms with van der Waals surface area (Å²) in [6, 6.07) is 45.4. The van der Waals surface area contributed by atoms with Crippen molar-refractivity contribution in [2.24, 2.45) is 0 Å². The first-order valence-electron chi connectivity index (χ1n) is 20.8. The maximum absolute atomic E-state index is 6.03. The van der Waals surface area contributed by atoms with E-state index in [2.05, 4.69) is 189 Å². The molecule has 0 N–H and O–H groups in total. The smallest absolute Gasteiger partial charge is 0.293 e. The van der Waals surface area contributed by atoms with E-state index in [0.717, 1.165) is 17.2 Å². The summed E-state index contributed by atoms with van der Waals surface area (Å²) in [5.74, 6) is 3.07. The summed E-state index contributed by atoms with van der Waals surface area (Å²) in [5.41, 5.74) is 18.9. The van der Waals surface area contributed by atoms with E-state index in [4.69, 9.17) is 14.2 Å². The fraction of sp³-hybridized carbons (Fsp3) is 0.226. The summed E-state index contributed by atoms with van der Waals surface area (Å²) >= 11 is 0. The van der Waals surface area contributed by atoms with Crippen molar-refractivity contribution in [3.05, 3.63) is 167 Å². The predicted molar refractivity (Wildman–Crippen MR) is 229 cm³/mol. The van der Waals surface area contributed by atoms with Crippen LogP contribution in [0.4, 0.5) is 0 Å². The molecule has 59 heavy (non-hydrogen) atoms. The lowest BCUT2D eigenvalue weighted by molar-refractivity contribution is -0.717. The number of hydrogen-bond donors (Lipinski definition) is 0. The van der Waals surface area contributed by atoms with E-state index in [-0.39, 0.29) is 16.2 Å². The van der Waals surface area contributed by atoms with Crippen LogP contribution in [0.3, 0.4) is 0 Å². The van der Waals surface area contributed by atoms with Gasteiger partial charge in [-0.3, -0.25) is 0 Å². The van der Waals surface area contributed by atoms with E-state index in [1.165, 1.54) is 89.0 Å². The Labute approximate surface area is 344 Å². The van der Waals surface area contributed by atoms with Crippen LogP contribution >= 0.6 is 0 Å². The monoisotopic (exact) mass is 772 g/mol. The lowest BCUT2D eigenvalue weighted by atomic mass is 9.82. The van der Waals surface area contributed by atoms with E-state index < -0.39 is 0 Å². The second kappa shape index (κ2) is 11.8. The van der Waals surface area contributed by atoms with Gasteiger partial charge < -0.3 is 14.2 Å². The van der Waals surface area contributed by atoms with Gasteiger partial charge in [0.1, 0.15) is 17.2 Å². The van der Waals surface area contributed by atoms with Crippen LogP contribution in [-0.2, 0) is 36.4 Å². The molecule has 5 aromatic carbocycles. The van der Waals surface area contributed by atoms with Gasteiger partial charge in [0.25, 0.3) is 20.2 Å². The Balaban J connectivity index is 0.0000000965. The summed E-state index contributed by atoms with van der Waals surface area (Å²) in [4.78, 5) is 0. The molecule has 3 aliphatic carbocycles. The fourth-order valence-electron chi connectivity index (χ4n) is 11.0. The third kappa shape index (κ3) is 4.55. The predicted octanol–water partition coefficient (Wildman–Crippen LogP) is 10.2. The van der Waals surface area contributed by atoms with Gasteiger partial charge in [-0.15, -0.1) is 0 Å². The van der Waals surface area contributed by atoms with Gasteiger partial charge in [-0.1, -0.05) is 102 Å². The fourth-order valence-corrected chi connectivity index (χ4v) is 11.0. The van der Waals surface area contributed by atoms with E-state index in [9.17, 15) is 0 Å². The molecule has 0 atom stereocenters. The van der Waals surface area contributed by atoms with E-state index in [1.54, 1.807) is 0 Å². The highest BCUT2D eigenvalue weighted by molar-refractivity contribution is 5.89. The minimum absolute atomic E-state index is 0.0279. The molecule has 0 amide bonds. The zero-order chi connectivity index (χ0) is 40.0. The van der Waals surface area contributed by atoms with Gasteiger partial charge in [-0.2, -0.15) is 13.7 Å². The van der Waals surface area contributed by atoms with E-state index in [1.807, 2.05) is 0 Å². The number of benzene rings is 5. The Kier molecular flexibility index (Phi) is 6.89. The zero-order valence-electron chi connectivity index (χ0n) is 34.4. The van der Waals surface area contributed by atoms with Crippen LogP contribution in [0.1, 0.15) is 74.9 Å². The van der Waals surface area contributed by atoms with E-state index >= 15 is 0 Å². The largest absolute Gasteiger partial charge is 0.435 e. The molecule has 6 nitrogen and oxygen atoms in total. The second-order valence-electron chi connectivity index (χ2n) is 18.3. The number of pyridine rings is 3. The molecular formula is C53H46N3O3+3. The molecule has 0 unspecified atom stereocenters. The molecule has 0 saturated heterocycles. The summed E-state index contributed by atoms with van der Waals surface area (Å²) in [5, 5.41) is 2.56. The average Bonchev–Trinajstić information content (AvgIpc) is 3.75. The SMILES string of the molecule is CC1(C)c2cccc3c2-c2c1cc1ccccc1[n+]2CO3.CC1(C)c2cccc3c2-c2c1cc1ccccc1[n+]2CO3.CC1(C)c2cccc3c2-c2c1ccc[n+]2CO3. The average molecular weight is 773 g/mol. The molecule has 14 rings (SSSR count). The third-order valence-electron chi connectivity index (χ3n) is 14.1. The lowest BCUT2D eigenvalue weighted by Gasteiger charge is -2.19. The van der Waals surface area contributed by atoms with Crippen LogP contribution in [0, 0.1) is 0 Å². The lowest BCUT2D eigenvalue weighted by Crippen LogP contribution is -2.42. The van der Waals surface area contributed by atoms with Crippen molar-refractivity contribution in [3.63, 3.8) is 0 Å². The topological polar surface area (TPSA) is 39.3 Å². The van der Waals surface area contributed by atoms with Crippen molar-refractivity contribution in [3.8, 4) is 51.0 Å². The van der Waals surface area contributed by atoms with Gasteiger partial charge in [-0.05, 0) is 65.2 Å². The zero-order valence-corrected chi connectivity index (χ0v) is 34.4. The van der Waals surface area contributed by atoms with Gasteiger partial charge in [-0.25, -0.2) is 0 Å². The highest BCUT2D eigenvalue weighted by Crippen LogP contribution is 2.54. The molecule has 288 valence electrons. The Hall–Kier alpha value is -6.53. The number of rotatable bonds is 0. The van der Waals surface area contributed by atoms with Crippen molar-refractivity contribution >= 4 is 21.8 Å². The number of fused-ring (bicyclic) bond motifs is 4. The number of ether oxygens (including phenoxy) is 3. The van der Waals surface area contributed by atoms with Crippen molar-refractivity contribution in [2.45, 2.75) is 78.0 Å². The molecule has 6 heterocycles. The molecule has 3 aromatic heterocycles. The van der Waals surface area contributed by atoms with Crippen LogP contribution in [-0.4, -0.2) is 0 Å². The number of para-hydroxylation sites is 2. The number of aromatic nitrogens is 3. The maximum atomic E-state index is 6.03. The summed E-state index contributed by atoms with van der Waals surface area (Å²) in [6.07, 6.45) is 2.10. The van der Waals surface area contributed by atoms with Crippen LogP contribution in [0.15, 0.2) is 134 Å². The van der Waals surface area contributed by atoms with Crippen molar-refractivity contribution in [1.29, 1.82) is 0 Å². The van der Waals surface area contributed by atoms with E-state index in [0.29, 0.717) is 20.2 Å². The summed E-state index contributed by atoms with van der Waals surface area (Å²) < 4.78 is 24.7. The molecule has 0 saturated carbocycles. The Morgan fingerprint density at radius 3 is 1.29 bits per heavy atom. The van der Waals surface area contributed by atoms with Gasteiger partial charge in [0.2, 0.25) is 28.1 Å². The quantitative estimate of drug-likeness (QED) is 0.144. The third-order valence-corrected chi connectivity index (χ3v) is 14.1. The minimum Gasteiger partial charge on any atom is -0.435 e. The van der Waals surface area contributed by atoms with Crippen LogP contribution < -0.4 is 27.9 Å². The van der Waals surface area contributed by atoms with Crippen molar-refractivity contribution in [1.82, 2.24) is 0 Å². The normalized spacial score (nSPS) is 16.9. The molecule has 0 fully saturated rings. The second-order valence-corrected chi connectivity index (χ2v) is 18.3. The highest BCUT2D eigenvalue weighted by Gasteiger charge is 2.48. The molecule has 6 aliphatic rings. The first-order chi connectivity index (χ1) is 28.5. The summed E-state index contributed by atoms with van der Waals surface area (Å²) in [7, 11) is 0. The molecule has 8 aromatic rings. The van der Waals surface area contributed by atoms with Crippen molar-refractivity contribution in [2.75, 3.05) is 0 Å². The highest BCUT2D eigenvalue weighted by atomic mass is 16.5. The van der Waals surface area contributed by atoms with Gasteiger partial charge >= 0.3 is 0 Å². The van der Waals surface area contributed by atoms with Crippen LogP contribution in [0.2, 0.25) is 0 Å². The molecule has 0 bridgehead atoms. The summed E-state index contributed by atoms with van der Waals surface area (Å²) in [6.45, 7) is 15.6. The van der Waals surface area contributed by atoms with Crippen molar-refractivity contribution < 1.29 is 27.9 Å². The van der Waals surface area contributed by atoms with Gasteiger partial charge in [0.05, 0.1) is 16.7 Å². The van der Waals surface area contributed by atoms with Crippen LogP contribution in [0.5, 0.6) is 17.2 Å². The number of hydrogen-bond acceptors (Lipinski definition) is 3. The first-order valence-corrected chi connectivity index (χ1v) is 20.8. The number of nitrogens with zero attached hydrogens (tertiary/aromatic N) is 3. The maximum Gasteiger partial charge on any atom is 0.293 e.